The molecule has 0 heterocycles. The molecule has 0 aliphatic rings. The summed E-state index contributed by atoms with van der Waals surface area (Å²) in [6.45, 7) is 3.75. The van der Waals surface area contributed by atoms with E-state index in [-0.39, 0.29) is 18.4 Å². The summed E-state index contributed by atoms with van der Waals surface area (Å²) in [5.41, 5.74) is 11.4. The number of hydrogen-bond donors (Lipinski definition) is 3. The predicted octanol–water partition coefficient (Wildman–Crippen LogP) is 0.863. The van der Waals surface area contributed by atoms with Crippen molar-refractivity contribution in [2.75, 3.05) is 11.9 Å². The number of rotatable bonds is 7. The third-order valence-corrected chi connectivity index (χ3v) is 3.06. The van der Waals surface area contributed by atoms with Gasteiger partial charge < -0.3 is 21.5 Å². The fourth-order valence-corrected chi connectivity index (χ4v) is 1.53. The molecule has 5 N–H and O–H groups in total. The van der Waals surface area contributed by atoms with Crippen molar-refractivity contribution in [2.24, 2.45) is 17.4 Å². The quantitative estimate of drug-likeness (QED) is 0.688. The van der Waals surface area contributed by atoms with Gasteiger partial charge in [-0.15, -0.1) is 0 Å². The molecular formula is C14H21N3O3. The minimum Gasteiger partial charge on any atom is -0.484 e. The molecule has 1 rings (SSSR count). The highest BCUT2D eigenvalue weighted by molar-refractivity contribution is 5.94. The minimum atomic E-state index is -0.540. The maximum atomic E-state index is 11.9. The van der Waals surface area contributed by atoms with Gasteiger partial charge in [0.2, 0.25) is 5.91 Å². The Morgan fingerprint density at radius 3 is 2.40 bits per heavy atom. The molecule has 1 aromatic rings. The van der Waals surface area contributed by atoms with Crippen LogP contribution in [0.5, 0.6) is 5.75 Å². The standard InChI is InChI=1S/C14H21N3O3/c1-3-9(2)13(16)14(19)17-10-4-6-11(7-5-10)20-8-12(15)18/h4-7,9,13H,3,8,16H2,1-2H3,(H2,15,18)(H,17,19). The Hall–Kier alpha value is -2.08. The normalized spacial score (nSPS) is 13.3. The van der Waals surface area contributed by atoms with E-state index < -0.39 is 11.9 Å². The van der Waals surface area contributed by atoms with Gasteiger partial charge in [0, 0.05) is 5.69 Å². The molecule has 2 unspecified atom stereocenters. The van der Waals surface area contributed by atoms with Crippen LogP contribution in [0.4, 0.5) is 5.69 Å². The van der Waals surface area contributed by atoms with Crippen LogP contribution >= 0.6 is 0 Å². The van der Waals surface area contributed by atoms with Gasteiger partial charge in [0.05, 0.1) is 6.04 Å². The summed E-state index contributed by atoms with van der Waals surface area (Å²) in [6, 6.07) is 6.11. The number of nitrogens with one attached hydrogen (secondary N) is 1. The van der Waals surface area contributed by atoms with Crippen LogP contribution in [0.25, 0.3) is 0 Å². The summed E-state index contributed by atoms with van der Waals surface area (Å²) in [4.78, 5) is 22.5. The van der Waals surface area contributed by atoms with Crippen LogP contribution < -0.4 is 21.5 Å². The maximum absolute atomic E-state index is 11.9. The highest BCUT2D eigenvalue weighted by Crippen LogP contribution is 2.16. The molecule has 20 heavy (non-hydrogen) atoms. The van der Waals surface area contributed by atoms with Crippen molar-refractivity contribution in [3.8, 4) is 5.75 Å². The average molecular weight is 279 g/mol. The van der Waals surface area contributed by atoms with Crippen LogP contribution in [0.15, 0.2) is 24.3 Å². The zero-order valence-electron chi connectivity index (χ0n) is 11.8. The summed E-state index contributed by atoms with van der Waals surface area (Å²) < 4.78 is 5.12. The average Bonchev–Trinajstić information content (AvgIpc) is 2.44. The number of ether oxygens (including phenoxy) is 1. The number of anilines is 1. The van der Waals surface area contributed by atoms with Crippen LogP contribution in [0.3, 0.4) is 0 Å². The van der Waals surface area contributed by atoms with Gasteiger partial charge in [-0.2, -0.15) is 0 Å². The van der Waals surface area contributed by atoms with Crippen LogP contribution in [0.2, 0.25) is 0 Å². The van der Waals surface area contributed by atoms with Gasteiger partial charge in [-0.05, 0) is 30.2 Å². The van der Waals surface area contributed by atoms with Gasteiger partial charge in [0.25, 0.3) is 5.91 Å². The summed E-state index contributed by atoms with van der Waals surface area (Å²) in [6.07, 6.45) is 0.842. The number of benzene rings is 1. The number of nitrogens with two attached hydrogens (primary N) is 2. The molecule has 2 atom stereocenters. The Morgan fingerprint density at radius 1 is 1.30 bits per heavy atom. The Morgan fingerprint density at radius 2 is 1.90 bits per heavy atom. The molecular weight excluding hydrogens is 258 g/mol. The number of carbonyl (C=O) groups is 2. The summed E-state index contributed by atoms with van der Waals surface area (Å²) in [5, 5.41) is 2.74. The molecule has 1 aromatic carbocycles. The fraction of sp³-hybridized carbons (Fsp3) is 0.429. The number of amides is 2. The second-order valence-electron chi connectivity index (χ2n) is 4.68. The maximum Gasteiger partial charge on any atom is 0.255 e. The zero-order valence-corrected chi connectivity index (χ0v) is 11.8. The summed E-state index contributed by atoms with van der Waals surface area (Å²) >= 11 is 0. The monoisotopic (exact) mass is 279 g/mol. The van der Waals surface area contributed by atoms with E-state index in [9.17, 15) is 9.59 Å². The Balaban J connectivity index is 2.56. The molecule has 0 aromatic heterocycles. The van der Waals surface area contributed by atoms with E-state index in [0.29, 0.717) is 11.4 Å². The van der Waals surface area contributed by atoms with Gasteiger partial charge in [0.1, 0.15) is 5.75 Å². The molecule has 0 aliphatic carbocycles. The zero-order chi connectivity index (χ0) is 15.1. The van der Waals surface area contributed by atoms with E-state index in [4.69, 9.17) is 16.2 Å². The van der Waals surface area contributed by atoms with Crippen LogP contribution in [0, 0.1) is 5.92 Å². The first kappa shape index (κ1) is 16.0. The first-order chi connectivity index (χ1) is 9.43. The van der Waals surface area contributed by atoms with Crippen molar-refractivity contribution >= 4 is 17.5 Å². The van der Waals surface area contributed by atoms with E-state index in [1.165, 1.54) is 0 Å². The topological polar surface area (TPSA) is 107 Å². The van der Waals surface area contributed by atoms with E-state index in [2.05, 4.69) is 5.32 Å². The largest absolute Gasteiger partial charge is 0.484 e. The van der Waals surface area contributed by atoms with E-state index >= 15 is 0 Å². The van der Waals surface area contributed by atoms with Gasteiger partial charge in [-0.3, -0.25) is 9.59 Å². The van der Waals surface area contributed by atoms with Crippen molar-refractivity contribution in [3.05, 3.63) is 24.3 Å². The molecule has 6 heteroatoms. The lowest BCUT2D eigenvalue weighted by atomic mass is 9.99. The van der Waals surface area contributed by atoms with Crippen LogP contribution in [-0.2, 0) is 9.59 Å². The first-order valence-corrected chi connectivity index (χ1v) is 6.51. The number of carbonyl (C=O) groups excluding carboxylic acids is 2. The summed E-state index contributed by atoms with van der Waals surface area (Å²) in [5.74, 6) is -0.131. The molecule has 0 radical (unpaired) electrons. The lowest BCUT2D eigenvalue weighted by Gasteiger charge is -2.17. The number of hydrogen-bond acceptors (Lipinski definition) is 4. The first-order valence-electron chi connectivity index (χ1n) is 6.51. The lowest BCUT2D eigenvalue weighted by molar-refractivity contribution is -0.120. The number of primary amides is 1. The molecule has 0 saturated carbocycles. The van der Waals surface area contributed by atoms with Crippen LogP contribution in [0.1, 0.15) is 20.3 Å². The van der Waals surface area contributed by atoms with Gasteiger partial charge in [-0.1, -0.05) is 20.3 Å². The third kappa shape index (κ3) is 4.89. The third-order valence-electron chi connectivity index (χ3n) is 3.06. The predicted molar refractivity (Wildman–Crippen MR) is 77.2 cm³/mol. The van der Waals surface area contributed by atoms with E-state index in [1.54, 1.807) is 24.3 Å². The van der Waals surface area contributed by atoms with E-state index in [1.807, 2.05) is 13.8 Å². The van der Waals surface area contributed by atoms with Crippen molar-refractivity contribution in [2.45, 2.75) is 26.3 Å². The van der Waals surface area contributed by atoms with Crippen molar-refractivity contribution in [1.29, 1.82) is 0 Å². The van der Waals surface area contributed by atoms with Crippen LogP contribution in [-0.4, -0.2) is 24.5 Å². The molecule has 0 spiro atoms. The molecule has 6 nitrogen and oxygen atoms in total. The van der Waals surface area contributed by atoms with Gasteiger partial charge in [-0.25, -0.2) is 0 Å². The summed E-state index contributed by atoms with van der Waals surface area (Å²) in [7, 11) is 0. The fourth-order valence-electron chi connectivity index (χ4n) is 1.53. The smallest absolute Gasteiger partial charge is 0.255 e. The lowest BCUT2D eigenvalue weighted by Crippen LogP contribution is -2.40. The van der Waals surface area contributed by atoms with Crippen molar-refractivity contribution in [3.63, 3.8) is 0 Å². The van der Waals surface area contributed by atoms with Crippen molar-refractivity contribution in [1.82, 2.24) is 0 Å². The highest BCUT2D eigenvalue weighted by Gasteiger charge is 2.19. The second-order valence-corrected chi connectivity index (χ2v) is 4.68. The van der Waals surface area contributed by atoms with Crippen molar-refractivity contribution < 1.29 is 14.3 Å². The Kier molecular flexibility index (Phi) is 5.99. The van der Waals surface area contributed by atoms with E-state index in [0.717, 1.165) is 6.42 Å². The van der Waals surface area contributed by atoms with Gasteiger partial charge >= 0.3 is 0 Å². The molecule has 0 fully saturated rings. The molecule has 2 amide bonds. The highest BCUT2D eigenvalue weighted by atomic mass is 16.5. The van der Waals surface area contributed by atoms with Gasteiger partial charge in [0.15, 0.2) is 6.61 Å². The second kappa shape index (κ2) is 7.49. The minimum absolute atomic E-state index is 0.119. The molecule has 0 saturated heterocycles. The molecule has 0 bridgehead atoms. The Labute approximate surface area is 118 Å². The SMILES string of the molecule is CCC(C)C(N)C(=O)Nc1ccc(OCC(N)=O)cc1. The molecule has 0 aliphatic heterocycles. The Bertz CT molecular complexity index is 459. The molecule has 110 valence electrons.